The van der Waals surface area contributed by atoms with Crippen LogP contribution < -0.4 is 5.73 Å². The van der Waals surface area contributed by atoms with Crippen molar-refractivity contribution in [1.82, 2.24) is 4.98 Å². The van der Waals surface area contributed by atoms with Crippen molar-refractivity contribution < 1.29 is 14.3 Å². The molecule has 0 aliphatic carbocycles. The van der Waals surface area contributed by atoms with Gasteiger partial charge >= 0.3 is 5.97 Å². The highest BCUT2D eigenvalue weighted by atomic mass is 16.5. The minimum atomic E-state index is -0.384. The molecule has 6 nitrogen and oxygen atoms in total. The van der Waals surface area contributed by atoms with Crippen LogP contribution in [0, 0.1) is 0 Å². The zero-order valence-corrected chi connectivity index (χ0v) is 18.0. The van der Waals surface area contributed by atoms with Gasteiger partial charge in [0.25, 0.3) is 0 Å². The summed E-state index contributed by atoms with van der Waals surface area (Å²) in [5.41, 5.74) is 10.0. The fraction of sp³-hybridized carbons (Fsp3) is 0.333. The monoisotopic (exact) mass is 417 g/mol. The SMILES string of the molecule is C=Nc1ccc(-c2ccc(C(=O)B3CCCC3)nc2)cc1/C=C(\CCN)C(=O)OCC. The highest BCUT2D eigenvalue weighted by molar-refractivity contribution is 6.92. The molecule has 7 heteroatoms. The van der Waals surface area contributed by atoms with Crippen LogP contribution in [0.15, 0.2) is 47.1 Å². The fourth-order valence-electron chi connectivity index (χ4n) is 3.90. The van der Waals surface area contributed by atoms with E-state index in [1.807, 2.05) is 24.3 Å². The second-order valence-corrected chi connectivity index (χ2v) is 7.64. The first-order valence-electron chi connectivity index (χ1n) is 10.8. The summed E-state index contributed by atoms with van der Waals surface area (Å²) < 4.78 is 5.14. The smallest absolute Gasteiger partial charge is 0.334 e. The minimum absolute atomic E-state index is 0.108. The van der Waals surface area contributed by atoms with Crippen molar-refractivity contribution in [3.8, 4) is 11.1 Å². The summed E-state index contributed by atoms with van der Waals surface area (Å²) in [7, 11) is 0. The summed E-state index contributed by atoms with van der Waals surface area (Å²) in [5.74, 6) is -0.384. The second kappa shape index (κ2) is 10.8. The van der Waals surface area contributed by atoms with Gasteiger partial charge in [-0.25, -0.2) is 4.79 Å². The Labute approximate surface area is 183 Å². The third kappa shape index (κ3) is 5.55. The van der Waals surface area contributed by atoms with Gasteiger partial charge in [0.1, 0.15) is 5.68 Å². The Hall–Kier alpha value is -3.06. The Morgan fingerprint density at radius 1 is 1.23 bits per heavy atom. The standard InChI is InChI=1S/C24H28BN3O3/c1-3-31-24(30)18(10-13-26)15-20-14-17(6-8-21(20)27-2)19-7-9-22(28-16-19)23(29)25-11-4-5-12-25/h6-9,14-16H,2-5,10-13,26H2,1H3/b18-15+. The van der Waals surface area contributed by atoms with Crippen molar-refractivity contribution in [2.24, 2.45) is 10.7 Å². The van der Waals surface area contributed by atoms with Crippen LogP contribution in [0.3, 0.4) is 0 Å². The van der Waals surface area contributed by atoms with E-state index in [1.54, 1.807) is 25.3 Å². The molecule has 0 bridgehead atoms. The molecule has 1 fully saturated rings. The van der Waals surface area contributed by atoms with Crippen molar-refractivity contribution in [3.05, 3.63) is 53.4 Å². The summed E-state index contributed by atoms with van der Waals surface area (Å²) in [6.07, 6.45) is 8.03. The molecule has 1 aliphatic heterocycles. The van der Waals surface area contributed by atoms with E-state index in [4.69, 9.17) is 10.5 Å². The number of esters is 1. The van der Waals surface area contributed by atoms with Crippen molar-refractivity contribution in [2.45, 2.75) is 38.8 Å². The first-order chi connectivity index (χ1) is 15.1. The number of benzene rings is 1. The summed E-state index contributed by atoms with van der Waals surface area (Å²) in [4.78, 5) is 33.3. The lowest BCUT2D eigenvalue weighted by Crippen LogP contribution is -2.22. The normalized spacial score (nSPS) is 13.9. The molecule has 1 saturated heterocycles. The molecule has 2 aromatic rings. The molecule has 0 spiro atoms. The lowest BCUT2D eigenvalue weighted by Gasteiger charge is -2.10. The molecule has 160 valence electrons. The van der Waals surface area contributed by atoms with Crippen LogP contribution in [-0.4, -0.2) is 43.2 Å². The Morgan fingerprint density at radius 2 is 1.97 bits per heavy atom. The lowest BCUT2D eigenvalue weighted by molar-refractivity contribution is -0.138. The Kier molecular flexibility index (Phi) is 7.90. The van der Waals surface area contributed by atoms with Crippen LogP contribution in [-0.2, 0) is 9.53 Å². The van der Waals surface area contributed by atoms with Gasteiger partial charge in [-0.05, 0) is 56.4 Å². The van der Waals surface area contributed by atoms with Crippen molar-refractivity contribution >= 4 is 36.8 Å². The van der Waals surface area contributed by atoms with Gasteiger partial charge in [0.15, 0.2) is 0 Å². The number of aliphatic imine (C=N–C) groups is 1. The molecule has 0 unspecified atom stereocenters. The number of rotatable bonds is 9. The van der Waals surface area contributed by atoms with Crippen LogP contribution in [0.1, 0.15) is 42.2 Å². The first kappa shape index (κ1) is 22.6. The van der Waals surface area contributed by atoms with E-state index in [1.165, 1.54) is 0 Å². The number of hydrogen-bond acceptors (Lipinski definition) is 6. The summed E-state index contributed by atoms with van der Waals surface area (Å²) in [6, 6.07) is 9.39. The summed E-state index contributed by atoms with van der Waals surface area (Å²) >= 11 is 0. The van der Waals surface area contributed by atoms with E-state index in [2.05, 4.69) is 16.7 Å². The van der Waals surface area contributed by atoms with E-state index in [9.17, 15) is 9.59 Å². The van der Waals surface area contributed by atoms with Crippen LogP contribution in [0.25, 0.3) is 17.2 Å². The predicted molar refractivity (Wildman–Crippen MR) is 126 cm³/mol. The van der Waals surface area contributed by atoms with E-state index < -0.39 is 0 Å². The summed E-state index contributed by atoms with van der Waals surface area (Å²) in [6.45, 7) is 6.13. The zero-order chi connectivity index (χ0) is 22.2. The fourth-order valence-corrected chi connectivity index (χ4v) is 3.90. The predicted octanol–water partition coefficient (Wildman–Crippen LogP) is 4.39. The molecule has 0 amide bonds. The number of carbonyl (C=O) groups is 2. The molecular formula is C24H28BN3O3. The average Bonchev–Trinajstić information content (AvgIpc) is 3.33. The van der Waals surface area contributed by atoms with Crippen LogP contribution >= 0.6 is 0 Å². The number of carbonyl (C=O) groups excluding carboxylic acids is 2. The number of nitrogens with zero attached hydrogens (tertiary/aromatic N) is 2. The number of pyridine rings is 1. The van der Waals surface area contributed by atoms with Gasteiger partial charge in [0.2, 0.25) is 6.71 Å². The molecule has 31 heavy (non-hydrogen) atoms. The van der Waals surface area contributed by atoms with Crippen LogP contribution in [0.4, 0.5) is 5.69 Å². The van der Waals surface area contributed by atoms with Gasteiger partial charge in [-0.2, -0.15) is 0 Å². The third-order valence-corrected chi connectivity index (χ3v) is 5.55. The maximum atomic E-state index is 12.6. The highest BCUT2D eigenvalue weighted by Crippen LogP contribution is 2.29. The number of hydrogen-bond donors (Lipinski definition) is 1. The van der Waals surface area contributed by atoms with Crippen molar-refractivity contribution in [1.29, 1.82) is 0 Å². The topological polar surface area (TPSA) is 94.6 Å². The first-order valence-corrected chi connectivity index (χ1v) is 10.8. The van der Waals surface area contributed by atoms with Gasteiger partial charge in [0.05, 0.1) is 18.0 Å². The minimum Gasteiger partial charge on any atom is -0.463 e. The van der Waals surface area contributed by atoms with Gasteiger partial charge in [0, 0.05) is 22.9 Å². The van der Waals surface area contributed by atoms with Crippen molar-refractivity contribution in [3.63, 3.8) is 0 Å². The van der Waals surface area contributed by atoms with Gasteiger partial charge in [-0.3, -0.25) is 9.98 Å². The molecule has 0 radical (unpaired) electrons. The Bertz CT molecular complexity index is 980. The van der Waals surface area contributed by atoms with E-state index in [-0.39, 0.29) is 18.4 Å². The molecule has 0 atom stereocenters. The van der Waals surface area contributed by atoms with Crippen LogP contribution in [0.5, 0.6) is 0 Å². The molecule has 0 saturated carbocycles. The van der Waals surface area contributed by atoms with Gasteiger partial charge in [-0.1, -0.05) is 37.6 Å². The largest absolute Gasteiger partial charge is 0.463 e. The molecular weight excluding hydrogens is 389 g/mol. The maximum absolute atomic E-state index is 12.6. The Balaban J connectivity index is 1.90. The maximum Gasteiger partial charge on any atom is 0.334 e. The van der Waals surface area contributed by atoms with Gasteiger partial charge in [-0.15, -0.1) is 0 Å². The molecule has 2 heterocycles. The molecule has 1 aromatic heterocycles. The highest BCUT2D eigenvalue weighted by Gasteiger charge is 2.28. The molecule has 2 N–H and O–H groups in total. The third-order valence-electron chi connectivity index (χ3n) is 5.55. The van der Waals surface area contributed by atoms with Crippen LogP contribution in [0.2, 0.25) is 12.6 Å². The van der Waals surface area contributed by atoms with E-state index >= 15 is 0 Å². The Morgan fingerprint density at radius 3 is 2.58 bits per heavy atom. The number of aromatic nitrogens is 1. The quantitative estimate of drug-likeness (QED) is 0.283. The van der Waals surface area contributed by atoms with E-state index in [0.29, 0.717) is 36.5 Å². The zero-order valence-electron chi connectivity index (χ0n) is 18.0. The molecule has 3 rings (SSSR count). The number of nitrogens with two attached hydrogens (primary N) is 1. The van der Waals surface area contributed by atoms with E-state index in [0.717, 1.165) is 42.2 Å². The average molecular weight is 417 g/mol. The van der Waals surface area contributed by atoms with Gasteiger partial charge < -0.3 is 15.3 Å². The number of ether oxygens (including phenoxy) is 1. The molecule has 1 aliphatic rings. The lowest BCUT2D eigenvalue weighted by atomic mass is 9.44. The molecule has 1 aromatic carbocycles. The second-order valence-electron chi connectivity index (χ2n) is 7.64. The van der Waals surface area contributed by atoms with Crippen molar-refractivity contribution in [2.75, 3.05) is 13.2 Å². The summed E-state index contributed by atoms with van der Waals surface area (Å²) in [5, 5.41) is 0.